The van der Waals surface area contributed by atoms with Crippen molar-refractivity contribution in [2.45, 2.75) is 33.4 Å². The maximum atomic E-state index is 9.00. The SMILES string of the molecule is CC(C)Cc1ccc(CNc2ccc(CO)cc2)cc1. The number of aliphatic hydroxyl groups is 1. The molecule has 0 aliphatic rings. The van der Waals surface area contributed by atoms with Gasteiger partial charge in [0.15, 0.2) is 0 Å². The van der Waals surface area contributed by atoms with E-state index >= 15 is 0 Å². The molecule has 0 radical (unpaired) electrons. The molecular formula is C18H23NO. The van der Waals surface area contributed by atoms with Crippen LogP contribution in [-0.2, 0) is 19.6 Å². The monoisotopic (exact) mass is 269 g/mol. The van der Waals surface area contributed by atoms with Gasteiger partial charge in [0.25, 0.3) is 0 Å². The molecule has 0 saturated carbocycles. The number of aliphatic hydroxyl groups excluding tert-OH is 1. The van der Waals surface area contributed by atoms with Crippen LogP contribution in [0.4, 0.5) is 5.69 Å². The van der Waals surface area contributed by atoms with E-state index in [0.29, 0.717) is 5.92 Å². The Morgan fingerprint density at radius 1 is 0.850 bits per heavy atom. The fourth-order valence-electron chi connectivity index (χ4n) is 2.20. The predicted octanol–water partition coefficient (Wildman–Crippen LogP) is 3.99. The van der Waals surface area contributed by atoms with E-state index in [0.717, 1.165) is 24.2 Å². The number of hydrogen-bond donors (Lipinski definition) is 2. The maximum absolute atomic E-state index is 9.00. The van der Waals surface area contributed by atoms with E-state index in [1.165, 1.54) is 11.1 Å². The fraction of sp³-hybridized carbons (Fsp3) is 0.333. The second-order valence-electron chi connectivity index (χ2n) is 5.62. The van der Waals surface area contributed by atoms with E-state index < -0.39 is 0 Å². The standard InChI is InChI=1S/C18H23NO/c1-14(2)11-15-3-5-16(6-4-15)12-19-18-9-7-17(13-20)8-10-18/h3-10,14,19-20H,11-13H2,1-2H3. The molecule has 0 aliphatic carbocycles. The van der Waals surface area contributed by atoms with Crippen molar-refractivity contribution in [3.05, 3.63) is 65.2 Å². The molecule has 2 aromatic carbocycles. The third-order valence-electron chi connectivity index (χ3n) is 3.30. The van der Waals surface area contributed by atoms with Crippen LogP contribution in [0.3, 0.4) is 0 Å². The van der Waals surface area contributed by atoms with Crippen molar-refractivity contribution in [3.8, 4) is 0 Å². The van der Waals surface area contributed by atoms with Gasteiger partial charge in [-0.25, -0.2) is 0 Å². The van der Waals surface area contributed by atoms with E-state index in [1.54, 1.807) is 0 Å². The van der Waals surface area contributed by atoms with Crippen LogP contribution in [0.25, 0.3) is 0 Å². The first-order chi connectivity index (χ1) is 9.67. The van der Waals surface area contributed by atoms with Crippen molar-refractivity contribution in [2.75, 3.05) is 5.32 Å². The number of rotatable bonds is 6. The van der Waals surface area contributed by atoms with Gasteiger partial charge in [0.05, 0.1) is 6.61 Å². The summed E-state index contributed by atoms with van der Waals surface area (Å²) in [4.78, 5) is 0. The third-order valence-corrected chi connectivity index (χ3v) is 3.30. The van der Waals surface area contributed by atoms with Crippen LogP contribution in [0, 0.1) is 5.92 Å². The van der Waals surface area contributed by atoms with Crippen molar-refractivity contribution < 1.29 is 5.11 Å². The van der Waals surface area contributed by atoms with Gasteiger partial charge in [0, 0.05) is 12.2 Å². The Kier molecular flexibility index (Phi) is 5.19. The molecule has 0 atom stereocenters. The Balaban J connectivity index is 1.89. The van der Waals surface area contributed by atoms with Crippen molar-refractivity contribution in [2.24, 2.45) is 5.92 Å². The topological polar surface area (TPSA) is 32.3 Å². The van der Waals surface area contributed by atoms with Gasteiger partial charge >= 0.3 is 0 Å². The Bertz CT molecular complexity index is 514. The van der Waals surface area contributed by atoms with Crippen LogP contribution < -0.4 is 5.32 Å². The quantitative estimate of drug-likeness (QED) is 0.831. The molecule has 0 heterocycles. The highest BCUT2D eigenvalue weighted by Gasteiger charge is 1.99. The van der Waals surface area contributed by atoms with Crippen LogP contribution in [0.5, 0.6) is 0 Å². The molecule has 0 fully saturated rings. The fourth-order valence-corrected chi connectivity index (χ4v) is 2.20. The van der Waals surface area contributed by atoms with Crippen LogP contribution >= 0.6 is 0 Å². The van der Waals surface area contributed by atoms with Gasteiger partial charge in [-0.15, -0.1) is 0 Å². The minimum atomic E-state index is 0.0948. The zero-order valence-electron chi connectivity index (χ0n) is 12.3. The first-order valence-electron chi connectivity index (χ1n) is 7.19. The zero-order chi connectivity index (χ0) is 14.4. The summed E-state index contributed by atoms with van der Waals surface area (Å²) in [5.74, 6) is 0.698. The van der Waals surface area contributed by atoms with Crippen LogP contribution in [-0.4, -0.2) is 5.11 Å². The molecule has 0 aliphatic heterocycles. The number of hydrogen-bond acceptors (Lipinski definition) is 2. The summed E-state index contributed by atoms with van der Waals surface area (Å²) in [5, 5.41) is 12.4. The minimum absolute atomic E-state index is 0.0948. The molecule has 0 saturated heterocycles. The molecule has 0 spiro atoms. The van der Waals surface area contributed by atoms with Crippen molar-refractivity contribution in [1.29, 1.82) is 0 Å². The first-order valence-corrected chi connectivity index (χ1v) is 7.19. The molecular weight excluding hydrogens is 246 g/mol. The lowest BCUT2D eigenvalue weighted by Gasteiger charge is -2.09. The molecule has 0 amide bonds. The molecule has 2 heteroatoms. The molecule has 106 valence electrons. The van der Waals surface area contributed by atoms with Crippen LogP contribution in [0.2, 0.25) is 0 Å². The number of anilines is 1. The smallest absolute Gasteiger partial charge is 0.0681 e. The van der Waals surface area contributed by atoms with Gasteiger partial charge in [0.2, 0.25) is 0 Å². The zero-order valence-corrected chi connectivity index (χ0v) is 12.3. The summed E-state index contributed by atoms with van der Waals surface area (Å²) >= 11 is 0. The summed E-state index contributed by atoms with van der Waals surface area (Å²) in [6, 6.07) is 16.7. The van der Waals surface area contributed by atoms with E-state index in [-0.39, 0.29) is 6.61 Å². The molecule has 2 aromatic rings. The highest BCUT2D eigenvalue weighted by atomic mass is 16.3. The summed E-state index contributed by atoms with van der Waals surface area (Å²) in [7, 11) is 0. The van der Waals surface area contributed by atoms with Gasteiger partial charge in [-0.3, -0.25) is 0 Å². The molecule has 2 rings (SSSR count). The third kappa shape index (κ3) is 4.39. The molecule has 2 N–H and O–H groups in total. The van der Waals surface area contributed by atoms with Crippen LogP contribution in [0.1, 0.15) is 30.5 Å². The van der Waals surface area contributed by atoms with E-state index in [2.05, 4.69) is 43.4 Å². The predicted molar refractivity (Wildman–Crippen MR) is 84.7 cm³/mol. The largest absolute Gasteiger partial charge is 0.392 e. The summed E-state index contributed by atoms with van der Waals surface area (Å²) in [5.41, 5.74) is 4.70. The molecule has 2 nitrogen and oxygen atoms in total. The number of benzene rings is 2. The Morgan fingerprint density at radius 3 is 1.95 bits per heavy atom. The van der Waals surface area contributed by atoms with E-state index in [1.807, 2.05) is 24.3 Å². The average molecular weight is 269 g/mol. The van der Waals surface area contributed by atoms with Gasteiger partial charge in [-0.2, -0.15) is 0 Å². The van der Waals surface area contributed by atoms with Crippen molar-refractivity contribution in [1.82, 2.24) is 0 Å². The Morgan fingerprint density at radius 2 is 1.40 bits per heavy atom. The van der Waals surface area contributed by atoms with Gasteiger partial charge in [0.1, 0.15) is 0 Å². The lowest BCUT2D eigenvalue weighted by atomic mass is 10.0. The molecule has 20 heavy (non-hydrogen) atoms. The number of nitrogens with one attached hydrogen (secondary N) is 1. The Labute approximate surface area is 121 Å². The normalized spacial score (nSPS) is 10.8. The summed E-state index contributed by atoms with van der Waals surface area (Å²) < 4.78 is 0. The summed E-state index contributed by atoms with van der Waals surface area (Å²) in [6.07, 6.45) is 1.14. The van der Waals surface area contributed by atoms with Crippen molar-refractivity contribution in [3.63, 3.8) is 0 Å². The van der Waals surface area contributed by atoms with Crippen LogP contribution in [0.15, 0.2) is 48.5 Å². The van der Waals surface area contributed by atoms with Gasteiger partial charge < -0.3 is 10.4 Å². The maximum Gasteiger partial charge on any atom is 0.0681 e. The molecule has 0 aromatic heterocycles. The lowest BCUT2D eigenvalue weighted by Crippen LogP contribution is -2.00. The second kappa shape index (κ2) is 7.11. The van der Waals surface area contributed by atoms with E-state index in [4.69, 9.17) is 5.11 Å². The Hall–Kier alpha value is -1.80. The van der Waals surface area contributed by atoms with Gasteiger partial charge in [-0.05, 0) is 41.2 Å². The average Bonchev–Trinajstić information content (AvgIpc) is 2.46. The highest BCUT2D eigenvalue weighted by Crippen LogP contribution is 2.13. The first kappa shape index (κ1) is 14.6. The highest BCUT2D eigenvalue weighted by molar-refractivity contribution is 5.45. The second-order valence-corrected chi connectivity index (χ2v) is 5.62. The van der Waals surface area contributed by atoms with E-state index in [9.17, 15) is 0 Å². The summed E-state index contributed by atoms with van der Waals surface area (Å²) in [6.45, 7) is 5.40. The molecule has 0 unspecified atom stereocenters. The van der Waals surface area contributed by atoms with Gasteiger partial charge in [-0.1, -0.05) is 50.2 Å². The lowest BCUT2D eigenvalue weighted by molar-refractivity contribution is 0.282. The minimum Gasteiger partial charge on any atom is -0.392 e. The van der Waals surface area contributed by atoms with Crippen molar-refractivity contribution >= 4 is 5.69 Å². The molecule has 0 bridgehead atoms.